The molecule has 2 aliphatic rings. The number of fused-ring (bicyclic) bond motifs is 1. The summed E-state index contributed by atoms with van der Waals surface area (Å²) in [5.74, 6) is -1.43. The SMILES string of the molecule is CC1(C)CC(=O)C2=C(C1)Nc1c(O)cccc1N(C(=O)CC(=O)O)[C@@H]2c1ccc(Oc2ccccc2Br)cc1Cl. The van der Waals surface area contributed by atoms with E-state index in [-0.39, 0.29) is 39.8 Å². The van der Waals surface area contributed by atoms with Crippen LogP contribution in [0.3, 0.4) is 0 Å². The molecule has 1 aliphatic heterocycles. The van der Waals surface area contributed by atoms with Crippen molar-refractivity contribution < 1.29 is 29.3 Å². The summed E-state index contributed by atoms with van der Waals surface area (Å²) in [5, 5.41) is 23.7. The van der Waals surface area contributed by atoms with Gasteiger partial charge in [-0.2, -0.15) is 0 Å². The number of Topliss-reactive ketones (excluding diaryl/α,β-unsaturated/α-hetero) is 1. The number of rotatable bonds is 5. The number of ether oxygens (including phenoxy) is 1. The zero-order valence-corrected chi connectivity index (χ0v) is 24.0. The fourth-order valence-corrected chi connectivity index (χ4v) is 5.91. The van der Waals surface area contributed by atoms with Gasteiger partial charge in [-0.15, -0.1) is 0 Å². The predicted molar refractivity (Wildman–Crippen MR) is 155 cm³/mol. The quantitative estimate of drug-likeness (QED) is 0.203. The molecular weight excluding hydrogens is 600 g/mol. The molecule has 3 N–H and O–H groups in total. The average molecular weight is 626 g/mol. The van der Waals surface area contributed by atoms with Crippen molar-refractivity contribution in [3.63, 3.8) is 0 Å². The first-order chi connectivity index (χ1) is 18.9. The third-order valence-electron chi connectivity index (χ3n) is 6.91. The third-order valence-corrected chi connectivity index (χ3v) is 7.89. The van der Waals surface area contributed by atoms with Gasteiger partial charge in [0.05, 0.1) is 16.2 Å². The van der Waals surface area contributed by atoms with Crippen molar-refractivity contribution in [3.8, 4) is 17.2 Å². The Hall–Kier alpha value is -3.82. The van der Waals surface area contributed by atoms with E-state index in [9.17, 15) is 24.6 Å². The fourth-order valence-electron chi connectivity index (χ4n) is 5.27. The zero-order chi connectivity index (χ0) is 28.8. The number of carboxylic acids is 1. The Kier molecular flexibility index (Phi) is 7.37. The van der Waals surface area contributed by atoms with Crippen molar-refractivity contribution in [1.82, 2.24) is 0 Å². The van der Waals surface area contributed by atoms with Crippen molar-refractivity contribution in [3.05, 3.63) is 87.0 Å². The summed E-state index contributed by atoms with van der Waals surface area (Å²) < 4.78 is 6.74. The Morgan fingerprint density at radius 3 is 2.58 bits per heavy atom. The van der Waals surface area contributed by atoms with E-state index in [1.807, 2.05) is 32.0 Å². The molecule has 0 radical (unpaired) electrons. The number of nitrogens with zero attached hydrogens (tertiary/aromatic N) is 1. The second kappa shape index (κ2) is 10.6. The van der Waals surface area contributed by atoms with Gasteiger partial charge < -0.3 is 20.3 Å². The Bertz CT molecular complexity index is 1580. The van der Waals surface area contributed by atoms with Crippen LogP contribution in [0.25, 0.3) is 0 Å². The molecule has 40 heavy (non-hydrogen) atoms. The molecule has 8 nitrogen and oxygen atoms in total. The molecule has 0 bridgehead atoms. The highest BCUT2D eigenvalue weighted by Crippen LogP contribution is 2.51. The summed E-state index contributed by atoms with van der Waals surface area (Å²) in [6.45, 7) is 3.94. The topological polar surface area (TPSA) is 116 Å². The van der Waals surface area contributed by atoms with Gasteiger partial charge in [0.15, 0.2) is 5.78 Å². The number of carbonyl (C=O) groups is 3. The smallest absolute Gasteiger partial charge is 0.312 e. The normalized spacial score (nSPS) is 17.9. The number of hydrogen-bond acceptors (Lipinski definition) is 6. The second-order valence-corrected chi connectivity index (χ2v) is 11.8. The molecule has 0 unspecified atom stereocenters. The van der Waals surface area contributed by atoms with E-state index in [4.69, 9.17) is 16.3 Å². The lowest BCUT2D eigenvalue weighted by Crippen LogP contribution is -2.40. The maximum Gasteiger partial charge on any atom is 0.312 e. The maximum absolute atomic E-state index is 13.8. The molecule has 10 heteroatoms. The van der Waals surface area contributed by atoms with E-state index in [1.165, 1.54) is 11.0 Å². The highest BCUT2D eigenvalue weighted by Gasteiger charge is 2.44. The van der Waals surface area contributed by atoms with Gasteiger partial charge in [0.25, 0.3) is 0 Å². The van der Waals surface area contributed by atoms with Crippen LogP contribution in [0, 0.1) is 5.41 Å². The minimum atomic E-state index is -1.32. The molecule has 0 aromatic heterocycles. The van der Waals surface area contributed by atoms with Gasteiger partial charge in [-0.25, -0.2) is 0 Å². The number of carboxylic acid groups (broad SMARTS) is 1. The number of phenolic OH excluding ortho intramolecular Hbond substituents is 1. The number of allylic oxidation sites excluding steroid dienone is 1. The highest BCUT2D eigenvalue weighted by molar-refractivity contribution is 9.10. The van der Waals surface area contributed by atoms with Crippen molar-refractivity contribution in [2.24, 2.45) is 5.41 Å². The minimum absolute atomic E-state index is 0.141. The number of phenols is 1. The molecule has 1 amide bonds. The van der Waals surface area contributed by atoms with Crippen LogP contribution < -0.4 is 15.0 Å². The Balaban J connectivity index is 1.71. The van der Waals surface area contributed by atoms with Gasteiger partial charge in [0, 0.05) is 22.7 Å². The van der Waals surface area contributed by atoms with Crippen LogP contribution in [0.5, 0.6) is 17.2 Å². The van der Waals surface area contributed by atoms with Crippen LogP contribution >= 0.6 is 27.5 Å². The predicted octanol–water partition coefficient (Wildman–Crippen LogP) is 7.22. The average Bonchev–Trinajstić information content (AvgIpc) is 3.00. The molecule has 1 atom stereocenters. The number of aliphatic carboxylic acids is 1. The van der Waals surface area contributed by atoms with E-state index in [0.29, 0.717) is 34.8 Å². The summed E-state index contributed by atoms with van der Waals surface area (Å²) in [5.41, 5.74) is 1.33. The largest absolute Gasteiger partial charge is 0.506 e. The van der Waals surface area contributed by atoms with E-state index in [2.05, 4.69) is 21.2 Å². The molecule has 0 spiro atoms. The molecule has 5 rings (SSSR count). The van der Waals surface area contributed by atoms with Crippen LogP contribution in [0.2, 0.25) is 5.02 Å². The van der Waals surface area contributed by atoms with Gasteiger partial charge >= 0.3 is 5.97 Å². The summed E-state index contributed by atoms with van der Waals surface area (Å²) in [6.07, 6.45) is -0.150. The van der Waals surface area contributed by atoms with Crippen LogP contribution in [0.1, 0.15) is 44.7 Å². The lowest BCUT2D eigenvalue weighted by Gasteiger charge is -2.37. The zero-order valence-electron chi connectivity index (χ0n) is 21.7. The maximum atomic E-state index is 13.8. The molecule has 3 aromatic rings. The van der Waals surface area contributed by atoms with Crippen LogP contribution in [0.15, 0.2) is 76.4 Å². The number of aromatic hydroxyl groups is 1. The number of nitrogens with one attached hydrogen (secondary N) is 1. The molecule has 0 saturated heterocycles. The monoisotopic (exact) mass is 624 g/mol. The van der Waals surface area contributed by atoms with E-state index < -0.39 is 24.3 Å². The van der Waals surface area contributed by atoms with E-state index in [0.717, 1.165) is 4.47 Å². The molecule has 0 fully saturated rings. The van der Waals surface area contributed by atoms with Crippen molar-refractivity contribution >= 4 is 56.6 Å². The second-order valence-electron chi connectivity index (χ2n) is 10.6. The van der Waals surface area contributed by atoms with Gasteiger partial charge in [-0.3, -0.25) is 19.3 Å². The number of hydrogen-bond donors (Lipinski definition) is 3. The molecule has 206 valence electrons. The van der Waals surface area contributed by atoms with Gasteiger partial charge in [0.2, 0.25) is 5.91 Å². The first-order valence-electron chi connectivity index (χ1n) is 12.6. The number of anilines is 2. The molecular formula is C30H26BrClN2O6. The number of amides is 1. The van der Waals surface area contributed by atoms with Gasteiger partial charge in [-0.05, 0) is 69.7 Å². The third kappa shape index (κ3) is 5.31. The van der Waals surface area contributed by atoms with Crippen LogP contribution in [-0.4, -0.2) is 27.9 Å². The summed E-state index contributed by atoms with van der Waals surface area (Å²) in [4.78, 5) is 40.3. The molecule has 3 aromatic carbocycles. The van der Waals surface area contributed by atoms with Gasteiger partial charge in [-0.1, -0.05) is 49.7 Å². The van der Waals surface area contributed by atoms with Crippen molar-refractivity contribution in [1.29, 1.82) is 0 Å². The van der Waals surface area contributed by atoms with E-state index in [1.54, 1.807) is 36.4 Å². The van der Waals surface area contributed by atoms with Gasteiger partial charge in [0.1, 0.15) is 29.4 Å². The lowest BCUT2D eigenvalue weighted by molar-refractivity contribution is -0.140. The Morgan fingerprint density at radius 1 is 1.12 bits per heavy atom. The summed E-state index contributed by atoms with van der Waals surface area (Å²) in [6, 6.07) is 15.8. The van der Waals surface area contributed by atoms with Crippen LogP contribution in [-0.2, 0) is 14.4 Å². The Morgan fingerprint density at radius 2 is 1.88 bits per heavy atom. The minimum Gasteiger partial charge on any atom is -0.506 e. The lowest BCUT2D eigenvalue weighted by atomic mass is 9.73. The first-order valence-corrected chi connectivity index (χ1v) is 13.7. The number of benzene rings is 3. The number of ketones is 1. The van der Waals surface area contributed by atoms with E-state index >= 15 is 0 Å². The number of para-hydroxylation sites is 2. The van der Waals surface area contributed by atoms with Crippen LogP contribution in [0.4, 0.5) is 11.4 Å². The summed E-state index contributed by atoms with van der Waals surface area (Å²) in [7, 11) is 0. The number of carbonyl (C=O) groups excluding carboxylic acids is 2. The highest BCUT2D eigenvalue weighted by atomic mass is 79.9. The standard InChI is InChI=1S/C30H26BrClN2O6/c1-30(2)14-20-27(23(36)15-30)29(17-11-10-16(12-19(17)32)40-24-9-4-3-6-18(24)31)34(25(37)13-26(38)39)21-7-5-8-22(35)28(21)33-20/h3-12,29,33,35H,13-15H2,1-2H3,(H,38,39)/t29-/m1/s1. The Labute approximate surface area is 244 Å². The molecule has 1 heterocycles. The molecule has 1 aliphatic carbocycles. The number of halogens is 2. The summed E-state index contributed by atoms with van der Waals surface area (Å²) >= 11 is 10.3. The fraction of sp³-hybridized carbons (Fsp3) is 0.233. The van der Waals surface area contributed by atoms with Crippen molar-refractivity contribution in [2.45, 2.75) is 39.2 Å². The first kappa shape index (κ1) is 27.7. The van der Waals surface area contributed by atoms with Crippen molar-refractivity contribution in [2.75, 3.05) is 10.2 Å². The molecule has 0 saturated carbocycles.